The maximum absolute atomic E-state index is 5.45. The predicted octanol–water partition coefficient (Wildman–Crippen LogP) is 2.63. The number of hydrogen-bond donors (Lipinski definition) is 2. The van der Waals surface area contributed by atoms with E-state index < -0.39 is 0 Å². The summed E-state index contributed by atoms with van der Waals surface area (Å²) >= 11 is 3.38. The zero-order chi connectivity index (χ0) is 8.55. The number of nitrogens with one attached hydrogen (secondary N) is 1. The molecule has 0 atom stereocenters. The SMILES string of the molecule is Cl.Cl.NCc1nc2ccc(Br)cc2[nH]1. The Hall–Kier alpha value is -0.290. The van der Waals surface area contributed by atoms with E-state index in [0.717, 1.165) is 21.3 Å². The minimum atomic E-state index is 0. The number of benzene rings is 1. The normalized spacial score (nSPS) is 9.29. The number of rotatable bonds is 1. The van der Waals surface area contributed by atoms with E-state index in [0.29, 0.717) is 6.54 Å². The number of hydrogen-bond acceptors (Lipinski definition) is 2. The van der Waals surface area contributed by atoms with Crippen molar-refractivity contribution in [3.63, 3.8) is 0 Å². The smallest absolute Gasteiger partial charge is 0.121 e. The van der Waals surface area contributed by atoms with Gasteiger partial charge in [-0.15, -0.1) is 24.8 Å². The van der Waals surface area contributed by atoms with E-state index in [2.05, 4.69) is 25.9 Å². The monoisotopic (exact) mass is 297 g/mol. The number of imidazole rings is 1. The third-order valence-electron chi connectivity index (χ3n) is 1.69. The largest absolute Gasteiger partial charge is 0.341 e. The average Bonchev–Trinajstić information content (AvgIpc) is 2.46. The molecule has 0 spiro atoms. The Bertz CT molecular complexity index is 416. The first-order valence-electron chi connectivity index (χ1n) is 3.64. The Labute approximate surface area is 102 Å². The van der Waals surface area contributed by atoms with Crippen LogP contribution in [-0.4, -0.2) is 9.97 Å². The third kappa shape index (κ3) is 2.60. The molecular weight excluding hydrogens is 289 g/mol. The molecule has 0 radical (unpaired) electrons. The molecule has 1 heterocycles. The van der Waals surface area contributed by atoms with Gasteiger partial charge in [0.05, 0.1) is 17.6 Å². The number of nitrogens with two attached hydrogens (primary N) is 1. The lowest BCUT2D eigenvalue weighted by Gasteiger charge is -1.87. The van der Waals surface area contributed by atoms with Crippen molar-refractivity contribution in [3.8, 4) is 0 Å². The van der Waals surface area contributed by atoms with Gasteiger partial charge in [-0.05, 0) is 18.2 Å². The number of H-pyrrole nitrogens is 1. The van der Waals surface area contributed by atoms with Crippen LogP contribution in [0.2, 0.25) is 0 Å². The van der Waals surface area contributed by atoms with E-state index in [4.69, 9.17) is 5.73 Å². The van der Waals surface area contributed by atoms with E-state index in [9.17, 15) is 0 Å². The summed E-state index contributed by atoms with van der Waals surface area (Å²) < 4.78 is 1.04. The molecule has 0 saturated heterocycles. The van der Waals surface area contributed by atoms with E-state index in [-0.39, 0.29) is 24.8 Å². The van der Waals surface area contributed by atoms with Gasteiger partial charge in [-0.3, -0.25) is 0 Å². The molecule has 2 rings (SSSR count). The topological polar surface area (TPSA) is 54.7 Å². The van der Waals surface area contributed by atoms with Crippen LogP contribution in [0.25, 0.3) is 11.0 Å². The lowest BCUT2D eigenvalue weighted by Crippen LogP contribution is -1.97. The summed E-state index contributed by atoms with van der Waals surface area (Å²) in [4.78, 5) is 7.39. The summed E-state index contributed by atoms with van der Waals surface area (Å²) in [5, 5.41) is 0. The van der Waals surface area contributed by atoms with E-state index in [1.54, 1.807) is 0 Å². The van der Waals surface area contributed by atoms with Crippen LogP contribution >= 0.6 is 40.7 Å². The van der Waals surface area contributed by atoms with Gasteiger partial charge < -0.3 is 10.7 Å². The molecule has 78 valence electrons. The fourth-order valence-electron chi connectivity index (χ4n) is 1.13. The van der Waals surface area contributed by atoms with Gasteiger partial charge in [0.25, 0.3) is 0 Å². The molecule has 0 aliphatic carbocycles. The van der Waals surface area contributed by atoms with Gasteiger partial charge in [-0.1, -0.05) is 15.9 Å². The van der Waals surface area contributed by atoms with E-state index in [1.165, 1.54) is 0 Å². The molecule has 14 heavy (non-hydrogen) atoms. The zero-order valence-corrected chi connectivity index (χ0v) is 10.4. The molecule has 0 aliphatic heterocycles. The van der Waals surface area contributed by atoms with Crippen molar-refractivity contribution in [2.24, 2.45) is 5.73 Å². The average molecular weight is 299 g/mol. The summed E-state index contributed by atoms with van der Waals surface area (Å²) in [6, 6.07) is 5.90. The molecule has 0 saturated carbocycles. The van der Waals surface area contributed by atoms with Crippen LogP contribution in [0.15, 0.2) is 22.7 Å². The van der Waals surface area contributed by atoms with E-state index in [1.807, 2.05) is 18.2 Å². The van der Waals surface area contributed by atoms with Gasteiger partial charge in [0, 0.05) is 4.47 Å². The van der Waals surface area contributed by atoms with Crippen LogP contribution in [0.3, 0.4) is 0 Å². The zero-order valence-electron chi connectivity index (χ0n) is 7.16. The van der Waals surface area contributed by atoms with Crippen molar-refractivity contribution in [1.29, 1.82) is 0 Å². The van der Waals surface area contributed by atoms with Crippen molar-refractivity contribution in [3.05, 3.63) is 28.5 Å². The molecular formula is C8H10BrCl2N3. The van der Waals surface area contributed by atoms with Gasteiger partial charge in [-0.2, -0.15) is 0 Å². The summed E-state index contributed by atoms with van der Waals surface area (Å²) in [6.07, 6.45) is 0. The quantitative estimate of drug-likeness (QED) is 0.850. The molecule has 1 aromatic heterocycles. The second-order valence-electron chi connectivity index (χ2n) is 2.55. The van der Waals surface area contributed by atoms with Crippen LogP contribution in [0.5, 0.6) is 0 Å². The Morgan fingerprint density at radius 1 is 1.36 bits per heavy atom. The van der Waals surface area contributed by atoms with Gasteiger partial charge in [0.1, 0.15) is 5.82 Å². The maximum Gasteiger partial charge on any atom is 0.121 e. The van der Waals surface area contributed by atoms with Crippen LogP contribution < -0.4 is 5.73 Å². The highest BCUT2D eigenvalue weighted by Gasteiger charge is 2.00. The van der Waals surface area contributed by atoms with Crippen molar-refractivity contribution in [1.82, 2.24) is 9.97 Å². The van der Waals surface area contributed by atoms with Crippen molar-refractivity contribution < 1.29 is 0 Å². The molecule has 3 nitrogen and oxygen atoms in total. The molecule has 0 bridgehead atoms. The van der Waals surface area contributed by atoms with Gasteiger partial charge >= 0.3 is 0 Å². The second-order valence-corrected chi connectivity index (χ2v) is 3.46. The molecule has 0 fully saturated rings. The summed E-state index contributed by atoms with van der Waals surface area (Å²) in [6.45, 7) is 0.451. The highest BCUT2D eigenvalue weighted by Crippen LogP contribution is 2.17. The molecule has 2 aromatic rings. The fraction of sp³-hybridized carbons (Fsp3) is 0.125. The molecule has 0 aliphatic rings. The first-order chi connectivity index (χ1) is 5.79. The summed E-state index contributed by atoms with van der Waals surface area (Å²) in [5.41, 5.74) is 7.42. The highest BCUT2D eigenvalue weighted by atomic mass is 79.9. The van der Waals surface area contributed by atoms with Gasteiger partial charge in [0.2, 0.25) is 0 Å². The van der Waals surface area contributed by atoms with Crippen LogP contribution in [-0.2, 0) is 6.54 Å². The number of nitrogens with zero attached hydrogens (tertiary/aromatic N) is 1. The minimum Gasteiger partial charge on any atom is -0.341 e. The van der Waals surface area contributed by atoms with Crippen molar-refractivity contribution in [2.45, 2.75) is 6.54 Å². The summed E-state index contributed by atoms with van der Waals surface area (Å²) in [7, 11) is 0. The highest BCUT2D eigenvalue weighted by molar-refractivity contribution is 9.10. The molecule has 6 heteroatoms. The lowest BCUT2D eigenvalue weighted by atomic mass is 10.3. The number of aromatic amines is 1. The molecule has 0 unspecified atom stereocenters. The van der Waals surface area contributed by atoms with Crippen LogP contribution in [0, 0.1) is 0 Å². The van der Waals surface area contributed by atoms with Crippen LogP contribution in [0.4, 0.5) is 0 Å². The van der Waals surface area contributed by atoms with Crippen LogP contribution in [0.1, 0.15) is 5.82 Å². The molecule has 0 amide bonds. The Balaban J connectivity index is 0.000000845. The maximum atomic E-state index is 5.45. The number of halogens is 3. The van der Waals surface area contributed by atoms with Gasteiger partial charge in [0.15, 0.2) is 0 Å². The van der Waals surface area contributed by atoms with Crippen molar-refractivity contribution in [2.75, 3.05) is 0 Å². The predicted molar refractivity (Wildman–Crippen MR) is 66.2 cm³/mol. The molecule has 1 aromatic carbocycles. The van der Waals surface area contributed by atoms with Gasteiger partial charge in [-0.25, -0.2) is 4.98 Å². The Morgan fingerprint density at radius 3 is 2.71 bits per heavy atom. The second kappa shape index (κ2) is 5.56. The molecule has 3 N–H and O–H groups in total. The van der Waals surface area contributed by atoms with E-state index >= 15 is 0 Å². The lowest BCUT2D eigenvalue weighted by molar-refractivity contribution is 0.958. The Morgan fingerprint density at radius 2 is 2.07 bits per heavy atom. The third-order valence-corrected chi connectivity index (χ3v) is 2.18. The fourth-order valence-corrected chi connectivity index (χ4v) is 1.49. The number of fused-ring (bicyclic) bond motifs is 1. The minimum absolute atomic E-state index is 0. The van der Waals surface area contributed by atoms with Crippen molar-refractivity contribution >= 4 is 51.8 Å². The number of aromatic nitrogens is 2. The summed E-state index contributed by atoms with van der Waals surface area (Å²) in [5.74, 6) is 0.822. The first-order valence-corrected chi connectivity index (χ1v) is 4.43. The first kappa shape index (κ1) is 13.7. The Kier molecular flexibility index (Phi) is 5.44. The standard InChI is InChI=1S/C8H8BrN3.2ClH/c9-5-1-2-6-7(3-5)12-8(4-10)11-6;;/h1-3H,4,10H2,(H,11,12);2*1H.